The number of benzene rings is 2. The quantitative estimate of drug-likeness (QED) is 0.675. The van der Waals surface area contributed by atoms with Crippen LogP contribution in [-0.4, -0.2) is 37.7 Å². The van der Waals surface area contributed by atoms with Crippen molar-refractivity contribution >= 4 is 33.8 Å². The average molecular weight is 407 g/mol. The van der Waals surface area contributed by atoms with Gasteiger partial charge in [0.1, 0.15) is 0 Å². The molecular weight excluding hydrogens is 386 g/mol. The number of aromatic nitrogens is 1. The second kappa shape index (κ2) is 8.81. The van der Waals surface area contributed by atoms with Crippen LogP contribution in [-0.2, 0) is 10.0 Å². The van der Waals surface area contributed by atoms with E-state index in [2.05, 4.69) is 10.3 Å². The van der Waals surface area contributed by atoms with Crippen molar-refractivity contribution in [3.05, 3.63) is 89.7 Å². The van der Waals surface area contributed by atoms with Gasteiger partial charge in [-0.05, 0) is 54.1 Å². The van der Waals surface area contributed by atoms with Gasteiger partial charge in [-0.3, -0.25) is 9.78 Å². The van der Waals surface area contributed by atoms with E-state index in [0.29, 0.717) is 5.69 Å². The van der Waals surface area contributed by atoms with E-state index in [1.807, 2.05) is 48.6 Å². The molecule has 0 spiro atoms. The van der Waals surface area contributed by atoms with Gasteiger partial charge in [0.2, 0.25) is 10.0 Å². The summed E-state index contributed by atoms with van der Waals surface area (Å²) in [7, 11) is -0.707. The number of carbonyl (C=O) groups is 1. The molecule has 1 N–H and O–H groups in total. The van der Waals surface area contributed by atoms with E-state index in [4.69, 9.17) is 0 Å². The van der Waals surface area contributed by atoms with Crippen molar-refractivity contribution in [1.29, 1.82) is 0 Å². The average Bonchev–Trinajstić information content (AvgIpc) is 2.73. The maximum Gasteiger partial charge on any atom is 0.255 e. The molecule has 148 valence electrons. The predicted molar refractivity (Wildman–Crippen MR) is 115 cm³/mol. The van der Waals surface area contributed by atoms with Crippen molar-refractivity contribution in [2.24, 2.45) is 0 Å². The van der Waals surface area contributed by atoms with E-state index in [9.17, 15) is 13.2 Å². The third-order valence-corrected chi connectivity index (χ3v) is 5.96. The lowest BCUT2D eigenvalue weighted by atomic mass is 10.1. The lowest BCUT2D eigenvalue weighted by molar-refractivity contribution is 0.102. The second-order valence-corrected chi connectivity index (χ2v) is 8.63. The summed E-state index contributed by atoms with van der Waals surface area (Å²) in [6, 6.07) is 19.0. The molecule has 1 amide bonds. The van der Waals surface area contributed by atoms with Crippen molar-refractivity contribution < 1.29 is 13.2 Å². The minimum atomic E-state index is -3.61. The van der Waals surface area contributed by atoms with E-state index < -0.39 is 10.0 Å². The van der Waals surface area contributed by atoms with Crippen LogP contribution in [0.15, 0.2) is 77.8 Å². The number of amides is 1. The van der Waals surface area contributed by atoms with Crippen molar-refractivity contribution in [2.45, 2.75) is 4.90 Å². The molecule has 0 bridgehead atoms. The summed E-state index contributed by atoms with van der Waals surface area (Å²) in [5.74, 6) is -0.383. The maximum atomic E-state index is 12.6. The normalized spacial score (nSPS) is 11.7. The Labute approximate surface area is 170 Å². The smallest absolute Gasteiger partial charge is 0.255 e. The van der Waals surface area contributed by atoms with Gasteiger partial charge in [0.05, 0.1) is 10.6 Å². The van der Waals surface area contributed by atoms with Crippen LogP contribution in [0, 0.1) is 0 Å². The number of carbonyl (C=O) groups excluding carboxylic acids is 1. The molecule has 0 fully saturated rings. The van der Waals surface area contributed by atoms with Crippen molar-refractivity contribution in [3.8, 4) is 0 Å². The molecule has 29 heavy (non-hydrogen) atoms. The van der Waals surface area contributed by atoms with E-state index in [1.165, 1.54) is 26.2 Å². The van der Waals surface area contributed by atoms with Crippen LogP contribution in [0.3, 0.4) is 0 Å². The first-order valence-corrected chi connectivity index (χ1v) is 10.3. The monoisotopic (exact) mass is 407 g/mol. The molecule has 0 radical (unpaired) electrons. The summed E-state index contributed by atoms with van der Waals surface area (Å²) < 4.78 is 25.7. The molecule has 1 aromatic heterocycles. The molecule has 3 rings (SSSR count). The van der Waals surface area contributed by atoms with Gasteiger partial charge in [0.25, 0.3) is 5.91 Å². The Hall–Kier alpha value is -3.29. The van der Waals surface area contributed by atoms with Crippen molar-refractivity contribution in [3.63, 3.8) is 0 Å². The maximum absolute atomic E-state index is 12.6. The Kier molecular flexibility index (Phi) is 6.21. The fraction of sp³-hybridized carbons (Fsp3) is 0.0909. The zero-order valence-electron chi connectivity index (χ0n) is 16.1. The topological polar surface area (TPSA) is 79.4 Å². The van der Waals surface area contributed by atoms with Crippen LogP contribution >= 0.6 is 0 Å². The molecular formula is C22H21N3O3S. The molecule has 0 aliphatic rings. The summed E-state index contributed by atoms with van der Waals surface area (Å²) in [4.78, 5) is 16.9. The van der Waals surface area contributed by atoms with E-state index in [-0.39, 0.29) is 16.4 Å². The Balaban J connectivity index is 1.77. The van der Waals surface area contributed by atoms with Crippen LogP contribution in [0.25, 0.3) is 12.2 Å². The highest BCUT2D eigenvalue weighted by Gasteiger charge is 2.18. The molecule has 2 aromatic carbocycles. The number of anilines is 1. The van der Waals surface area contributed by atoms with Crippen LogP contribution in [0.2, 0.25) is 0 Å². The summed E-state index contributed by atoms with van der Waals surface area (Å²) in [5, 5.41) is 2.81. The van der Waals surface area contributed by atoms with Gasteiger partial charge >= 0.3 is 0 Å². The van der Waals surface area contributed by atoms with Gasteiger partial charge in [0, 0.05) is 31.5 Å². The van der Waals surface area contributed by atoms with E-state index in [1.54, 1.807) is 24.4 Å². The second-order valence-electron chi connectivity index (χ2n) is 6.48. The third kappa shape index (κ3) is 5.16. The number of hydrogen-bond donors (Lipinski definition) is 1. The lowest BCUT2D eigenvalue weighted by Gasteiger charge is -2.12. The molecule has 3 aromatic rings. The zero-order chi connectivity index (χ0) is 20.9. The Morgan fingerprint density at radius 1 is 0.966 bits per heavy atom. The highest BCUT2D eigenvalue weighted by molar-refractivity contribution is 7.89. The van der Waals surface area contributed by atoms with Gasteiger partial charge in [-0.1, -0.05) is 30.3 Å². The summed E-state index contributed by atoms with van der Waals surface area (Å²) in [6.45, 7) is 0. The van der Waals surface area contributed by atoms with Gasteiger partial charge in [-0.2, -0.15) is 0 Å². The first kappa shape index (κ1) is 20.4. The third-order valence-electron chi connectivity index (χ3n) is 4.15. The largest absolute Gasteiger partial charge is 0.322 e. The van der Waals surface area contributed by atoms with Gasteiger partial charge in [-0.25, -0.2) is 12.7 Å². The number of hydrogen-bond acceptors (Lipinski definition) is 4. The Bertz CT molecular complexity index is 1140. The number of nitrogens with one attached hydrogen (secondary N) is 1. The van der Waals surface area contributed by atoms with E-state index >= 15 is 0 Å². The highest BCUT2D eigenvalue weighted by atomic mass is 32.2. The molecule has 6 nitrogen and oxygen atoms in total. The Morgan fingerprint density at radius 2 is 1.76 bits per heavy atom. The molecule has 0 saturated heterocycles. The van der Waals surface area contributed by atoms with Gasteiger partial charge < -0.3 is 5.32 Å². The molecule has 0 aliphatic heterocycles. The van der Waals surface area contributed by atoms with Crippen LogP contribution in [0.4, 0.5) is 5.69 Å². The fourth-order valence-electron chi connectivity index (χ4n) is 2.59. The molecule has 1 heterocycles. The van der Waals surface area contributed by atoms with E-state index in [0.717, 1.165) is 15.6 Å². The molecule has 0 aliphatic carbocycles. The minimum absolute atomic E-state index is 0.0715. The molecule has 0 atom stereocenters. The summed E-state index contributed by atoms with van der Waals surface area (Å²) >= 11 is 0. The number of nitrogens with zero attached hydrogens (tertiary/aromatic N) is 2. The van der Waals surface area contributed by atoms with Crippen LogP contribution in [0.5, 0.6) is 0 Å². The van der Waals surface area contributed by atoms with Crippen molar-refractivity contribution in [1.82, 2.24) is 9.29 Å². The first-order chi connectivity index (χ1) is 13.9. The van der Waals surface area contributed by atoms with Crippen molar-refractivity contribution in [2.75, 3.05) is 19.4 Å². The number of pyridine rings is 1. The van der Waals surface area contributed by atoms with Crippen LogP contribution in [0.1, 0.15) is 21.6 Å². The van der Waals surface area contributed by atoms with Gasteiger partial charge in [-0.15, -0.1) is 0 Å². The molecule has 0 saturated carbocycles. The number of rotatable bonds is 6. The predicted octanol–water partition coefficient (Wildman–Crippen LogP) is 3.75. The summed E-state index contributed by atoms with van der Waals surface area (Å²) in [5.41, 5.74) is 2.61. The fourth-order valence-corrected chi connectivity index (χ4v) is 3.54. The SMILES string of the molecule is CN(C)S(=O)(=O)c1cccc(C(=O)Nc2cccc(C=Cc3ccccn3)c2)c1. The molecule has 7 heteroatoms. The van der Waals surface area contributed by atoms with Gasteiger partial charge in [0.15, 0.2) is 0 Å². The molecule has 0 unspecified atom stereocenters. The zero-order valence-corrected chi connectivity index (χ0v) is 16.9. The lowest BCUT2D eigenvalue weighted by Crippen LogP contribution is -2.22. The minimum Gasteiger partial charge on any atom is -0.322 e. The first-order valence-electron chi connectivity index (χ1n) is 8.89. The Morgan fingerprint density at radius 3 is 2.48 bits per heavy atom. The highest BCUT2D eigenvalue weighted by Crippen LogP contribution is 2.18. The van der Waals surface area contributed by atoms with Crippen LogP contribution < -0.4 is 5.32 Å². The standard InChI is InChI=1S/C22H21N3O3S/c1-25(2)29(27,28)21-11-6-8-18(16-21)22(26)24-20-10-5-7-17(15-20)12-13-19-9-3-4-14-23-19/h3-16H,1-2H3,(H,24,26). The summed E-state index contributed by atoms with van der Waals surface area (Å²) in [6.07, 6.45) is 5.51. The number of sulfonamides is 1.